The van der Waals surface area contributed by atoms with Crippen molar-refractivity contribution in [3.05, 3.63) is 79.1 Å². The Morgan fingerprint density at radius 3 is 2.59 bits per heavy atom. The molecule has 0 amide bonds. The highest BCUT2D eigenvalue weighted by atomic mass is 16.5. The molecule has 4 aromatic heterocycles. The standard InChI is InChI=1S/C30H34N8O/c1-36-11-7-22(8-12-36)10-14-39-26-9-13-38-28(19-32-30(38)15-26)27-16-29(34-21-33-27)31-17-23-3-5-24(6-4-23)25-18-35-37(2)20-25/h3-6,9,13,15-16,18-22H,7-8,10-12,14,17H2,1-2H3,(H,31,33,34). The Labute approximate surface area is 228 Å². The van der Waals surface area contributed by atoms with Crippen molar-refractivity contribution in [2.24, 2.45) is 13.0 Å². The van der Waals surface area contributed by atoms with E-state index in [1.165, 1.54) is 31.5 Å². The lowest BCUT2D eigenvalue weighted by Crippen LogP contribution is -2.30. The van der Waals surface area contributed by atoms with E-state index >= 15 is 0 Å². The second-order valence-corrected chi connectivity index (χ2v) is 10.4. The summed E-state index contributed by atoms with van der Waals surface area (Å²) in [5.41, 5.74) is 5.98. The molecule has 0 unspecified atom stereocenters. The minimum absolute atomic E-state index is 0.662. The van der Waals surface area contributed by atoms with Crippen molar-refractivity contribution >= 4 is 11.5 Å². The summed E-state index contributed by atoms with van der Waals surface area (Å²) < 4.78 is 9.92. The molecule has 1 aromatic carbocycles. The summed E-state index contributed by atoms with van der Waals surface area (Å²) in [6.07, 6.45) is 12.9. The Hall–Kier alpha value is -4.24. The summed E-state index contributed by atoms with van der Waals surface area (Å²) in [6, 6.07) is 14.4. The largest absolute Gasteiger partial charge is 0.493 e. The molecule has 1 aliphatic rings. The van der Waals surface area contributed by atoms with Crippen LogP contribution in [0, 0.1) is 5.92 Å². The molecule has 0 aliphatic carbocycles. The zero-order valence-electron chi connectivity index (χ0n) is 22.5. The SMILES string of the molecule is CN1CCC(CCOc2ccn3c(-c4cc(NCc5ccc(-c6cnn(C)c6)cc5)ncn4)cnc3c2)CC1. The minimum atomic E-state index is 0.662. The number of aromatic nitrogens is 6. The number of pyridine rings is 1. The zero-order valence-corrected chi connectivity index (χ0v) is 22.5. The number of likely N-dealkylation sites (tertiary alicyclic amines) is 1. The van der Waals surface area contributed by atoms with E-state index < -0.39 is 0 Å². The van der Waals surface area contributed by atoms with E-state index in [0.29, 0.717) is 6.54 Å². The summed E-state index contributed by atoms with van der Waals surface area (Å²) in [5, 5.41) is 7.67. The van der Waals surface area contributed by atoms with Gasteiger partial charge in [-0.15, -0.1) is 0 Å². The van der Waals surface area contributed by atoms with E-state index in [-0.39, 0.29) is 0 Å². The molecular weight excluding hydrogens is 488 g/mol. The lowest BCUT2D eigenvalue weighted by Gasteiger charge is -2.28. The van der Waals surface area contributed by atoms with Gasteiger partial charge in [-0.2, -0.15) is 5.10 Å². The Morgan fingerprint density at radius 1 is 0.949 bits per heavy atom. The van der Waals surface area contributed by atoms with E-state index in [2.05, 4.69) is 61.6 Å². The number of fused-ring (bicyclic) bond motifs is 1. The van der Waals surface area contributed by atoms with Gasteiger partial charge in [-0.25, -0.2) is 15.0 Å². The maximum absolute atomic E-state index is 6.08. The number of imidazole rings is 1. The number of nitrogens with zero attached hydrogens (tertiary/aromatic N) is 7. The second-order valence-electron chi connectivity index (χ2n) is 10.4. The van der Waals surface area contributed by atoms with Crippen molar-refractivity contribution in [1.29, 1.82) is 0 Å². The van der Waals surface area contributed by atoms with E-state index in [4.69, 9.17) is 4.74 Å². The molecule has 5 heterocycles. The van der Waals surface area contributed by atoms with Crippen LogP contribution in [-0.4, -0.2) is 60.8 Å². The third-order valence-electron chi connectivity index (χ3n) is 7.51. The molecule has 0 bridgehead atoms. The number of anilines is 1. The highest BCUT2D eigenvalue weighted by Crippen LogP contribution is 2.25. The maximum atomic E-state index is 6.08. The van der Waals surface area contributed by atoms with Crippen LogP contribution >= 0.6 is 0 Å². The highest BCUT2D eigenvalue weighted by molar-refractivity contribution is 5.64. The predicted octanol–water partition coefficient (Wildman–Crippen LogP) is 4.91. The molecule has 0 radical (unpaired) electrons. The molecular formula is C30H34N8O. The molecule has 9 heteroatoms. The number of ether oxygens (including phenoxy) is 1. The van der Waals surface area contributed by atoms with Crippen molar-refractivity contribution < 1.29 is 4.74 Å². The lowest BCUT2D eigenvalue weighted by molar-refractivity contribution is 0.187. The Bertz CT molecular complexity index is 1530. The van der Waals surface area contributed by atoms with Gasteiger partial charge in [-0.1, -0.05) is 24.3 Å². The van der Waals surface area contributed by atoms with Crippen LogP contribution < -0.4 is 10.1 Å². The molecule has 5 aromatic rings. The van der Waals surface area contributed by atoms with Crippen LogP contribution in [0.1, 0.15) is 24.8 Å². The highest BCUT2D eigenvalue weighted by Gasteiger charge is 2.16. The molecule has 0 saturated carbocycles. The van der Waals surface area contributed by atoms with Crippen molar-refractivity contribution in [3.63, 3.8) is 0 Å². The predicted molar refractivity (Wildman–Crippen MR) is 153 cm³/mol. The number of hydrogen-bond acceptors (Lipinski definition) is 7. The molecule has 1 N–H and O–H groups in total. The topological polar surface area (TPSA) is 85.4 Å². The Balaban J connectivity index is 1.08. The molecule has 1 fully saturated rings. The van der Waals surface area contributed by atoms with Gasteiger partial charge in [0, 0.05) is 43.7 Å². The summed E-state index contributed by atoms with van der Waals surface area (Å²) >= 11 is 0. The van der Waals surface area contributed by atoms with Gasteiger partial charge < -0.3 is 15.0 Å². The van der Waals surface area contributed by atoms with Crippen LogP contribution in [0.2, 0.25) is 0 Å². The number of nitrogens with one attached hydrogen (secondary N) is 1. The molecule has 1 saturated heterocycles. The van der Waals surface area contributed by atoms with E-state index in [9.17, 15) is 0 Å². The average molecular weight is 523 g/mol. The normalized spacial score (nSPS) is 14.6. The summed E-state index contributed by atoms with van der Waals surface area (Å²) in [5.74, 6) is 2.38. The van der Waals surface area contributed by atoms with Gasteiger partial charge in [0.1, 0.15) is 23.5 Å². The van der Waals surface area contributed by atoms with Crippen LogP contribution in [0.4, 0.5) is 5.82 Å². The van der Waals surface area contributed by atoms with Gasteiger partial charge in [0.25, 0.3) is 0 Å². The van der Waals surface area contributed by atoms with Gasteiger partial charge in [-0.3, -0.25) is 9.08 Å². The van der Waals surface area contributed by atoms with Crippen LogP contribution in [-0.2, 0) is 13.6 Å². The third kappa shape index (κ3) is 5.93. The van der Waals surface area contributed by atoms with Crippen molar-refractivity contribution in [3.8, 4) is 28.3 Å². The minimum Gasteiger partial charge on any atom is -0.493 e. The number of hydrogen-bond donors (Lipinski definition) is 1. The maximum Gasteiger partial charge on any atom is 0.140 e. The molecule has 0 atom stereocenters. The van der Waals surface area contributed by atoms with Gasteiger partial charge >= 0.3 is 0 Å². The van der Waals surface area contributed by atoms with Crippen LogP contribution in [0.5, 0.6) is 5.75 Å². The van der Waals surface area contributed by atoms with Gasteiger partial charge in [0.2, 0.25) is 0 Å². The molecule has 0 spiro atoms. The quantitative estimate of drug-likeness (QED) is 0.294. The number of aryl methyl sites for hydroxylation is 1. The molecule has 200 valence electrons. The van der Waals surface area contributed by atoms with Crippen LogP contribution in [0.15, 0.2) is 73.6 Å². The fourth-order valence-electron chi connectivity index (χ4n) is 5.11. The van der Waals surface area contributed by atoms with Crippen LogP contribution in [0.25, 0.3) is 28.2 Å². The fourth-order valence-corrected chi connectivity index (χ4v) is 5.11. The van der Waals surface area contributed by atoms with E-state index in [1.54, 1.807) is 6.33 Å². The first-order chi connectivity index (χ1) is 19.1. The zero-order chi connectivity index (χ0) is 26.6. The Kier molecular flexibility index (Phi) is 7.23. The van der Waals surface area contributed by atoms with E-state index in [0.717, 1.165) is 58.7 Å². The monoisotopic (exact) mass is 522 g/mol. The fraction of sp³-hybridized carbons (Fsp3) is 0.333. The van der Waals surface area contributed by atoms with Crippen molar-refractivity contribution in [2.45, 2.75) is 25.8 Å². The third-order valence-corrected chi connectivity index (χ3v) is 7.51. The lowest BCUT2D eigenvalue weighted by atomic mass is 9.94. The molecule has 39 heavy (non-hydrogen) atoms. The number of benzene rings is 1. The molecule has 6 rings (SSSR count). The first kappa shape index (κ1) is 25.1. The first-order valence-corrected chi connectivity index (χ1v) is 13.5. The van der Waals surface area contributed by atoms with Crippen molar-refractivity contribution in [1.82, 2.24) is 34.0 Å². The van der Waals surface area contributed by atoms with Crippen molar-refractivity contribution in [2.75, 3.05) is 32.1 Å². The molecule has 1 aliphatic heterocycles. The smallest absolute Gasteiger partial charge is 0.140 e. The van der Waals surface area contributed by atoms with Gasteiger partial charge in [-0.05, 0) is 62.5 Å². The summed E-state index contributed by atoms with van der Waals surface area (Å²) in [7, 11) is 4.12. The Morgan fingerprint density at radius 2 is 1.79 bits per heavy atom. The molecule has 9 nitrogen and oxygen atoms in total. The number of piperidine rings is 1. The summed E-state index contributed by atoms with van der Waals surface area (Å²) in [4.78, 5) is 15.9. The first-order valence-electron chi connectivity index (χ1n) is 13.5. The second kappa shape index (κ2) is 11.2. The van der Waals surface area contributed by atoms with Crippen LogP contribution in [0.3, 0.4) is 0 Å². The average Bonchev–Trinajstić information content (AvgIpc) is 3.59. The number of rotatable bonds is 9. The van der Waals surface area contributed by atoms with E-state index in [1.807, 2.05) is 59.1 Å². The summed E-state index contributed by atoms with van der Waals surface area (Å²) in [6.45, 7) is 3.78. The van der Waals surface area contributed by atoms with Gasteiger partial charge in [0.15, 0.2) is 0 Å². The van der Waals surface area contributed by atoms with Gasteiger partial charge in [0.05, 0.1) is 30.4 Å².